The zero-order chi connectivity index (χ0) is 12.1. The summed E-state index contributed by atoms with van der Waals surface area (Å²) >= 11 is 1.74. The van der Waals surface area contributed by atoms with Crippen molar-refractivity contribution >= 4 is 17.4 Å². The second-order valence-electron chi connectivity index (χ2n) is 4.36. The SMILES string of the molecule is CC(C)CNCCSc1nnc2ccccn12. The van der Waals surface area contributed by atoms with E-state index in [0.717, 1.165) is 29.6 Å². The molecule has 4 nitrogen and oxygen atoms in total. The zero-order valence-corrected chi connectivity index (χ0v) is 11.1. The van der Waals surface area contributed by atoms with Crippen LogP contribution in [0.4, 0.5) is 0 Å². The summed E-state index contributed by atoms with van der Waals surface area (Å²) in [4.78, 5) is 0. The van der Waals surface area contributed by atoms with Crippen LogP contribution in [0, 0.1) is 5.92 Å². The van der Waals surface area contributed by atoms with Gasteiger partial charge in [-0.15, -0.1) is 10.2 Å². The fourth-order valence-electron chi connectivity index (χ4n) is 1.52. The van der Waals surface area contributed by atoms with Crippen LogP contribution in [0.2, 0.25) is 0 Å². The maximum absolute atomic E-state index is 4.18. The molecule has 0 unspecified atom stereocenters. The lowest BCUT2D eigenvalue weighted by atomic mass is 10.2. The first-order valence-corrected chi connectivity index (χ1v) is 6.89. The van der Waals surface area contributed by atoms with E-state index in [1.807, 2.05) is 28.8 Å². The Balaban J connectivity index is 1.83. The molecular formula is C12H18N4S. The standard InChI is InChI=1S/C12H18N4S/c1-10(2)9-13-6-8-17-12-15-14-11-5-3-4-7-16(11)12/h3-5,7,10,13H,6,8-9H2,1-2H3. The van der Waals surface area contributed by atoms with Gasteiger partial charge in [-0.05, 0) is 24.6 Å². The van der Waals surface area contributed by atoms with Crippen molar-refractivity contribution in [1.29, 1.82) is 0 Å². The number of fused-ring (bicyclic) bond motifs is 1. The third-order valence-corrected chi connectivity index (χ3v) is 3.29. The van der Waals surface area contributed by atoms with E-state index in [1.54, 1.807) is 11.8 Å². The number of nitrogens with zero attached hydrogens (tertiary/aromatic N) is 3. The summed E-state index contributed by atoms with van der Waals surface area (Å²) in [6, 6.07) is 5.94. The predicted octanol–water partition coefficient (Wildman–Crippen LogP) is 2.07. The summed E-state index contributed by atoms with van der Waals surface area (Å²) in [5, 5.41) is 12.7. The topological polar surface area (TPSA) is 42.2 Å². The van der Waals surface area contributed by atoms with Gasteiger partial charge in [-0.25, -0.2) is 0 Å². The van der Waals surface area contributed by atoms with Crippen molar-refractivity contribution in [2.75, 3.05) is 18.8 Å². The van der Waals surface area contributed by atoms with Gasteiger partial charge in [0, 0.05) is 18.5 Å². The van der Waals surface area contributed by atoms with Gasteiger partial charge < -0.3 is 5.32 Å². The van der Waals surface area contributed by atoms with Gasteiger partial charge in [0.15, 0.2) is 10.8 Å². The van der Waals surface area contributed by atoms with Gasteiger partial charge in [-0.3, -0.25) is 4.40 Å². The number of rotatable bonds is 6. The van der Waals surface area contributed by atoms with Crippen LogP contribution in [0.15, 0.2) is 29.6 Å². The third kappa shape index (κ3) is 3.44. The molecule has 0 atom stereocenters. The van der Waals surface area contributed by atoms with Gasteiger partial charge in [0.05, 0.1) is 0 Å². The molecule has 2 aromatic rings. The average Bonchev–Trinajstić information content (AvgIpc) is 2.72. The second-order valence-corrected chi connectivity index (χ2v) is 5.42. The van der Waals surface area contributed by atoms with Crippen LogP contribution >= 0.6 is 11.8 Å². The van der Waals surface area contributed by atoms with Crippen molar-refractivity contribution < 1.29 is 0 Å². The van der Waals surface area contributed by atoms with Crippen LogP contribution in [0.5, 0.6) is 0 Å². The monoisotopic (exact) mass is 250 g/mol. The summed E-state index contributed by atoms with van der Waals surface area (Å²) in [6.07, 6.45) is 2.00. The number of aromatic nitrogens is 3. The lowest BCUT2D eigenvalue weighted by molar-refractivity contribution is 0.568. The van der Waals surface area contributed by atoms with Crippen molar-refractivity contribution in [2.24, 2.45) is 5.92 Å². The van der Waals surface area contributed by atoms with Crippen LogP contribution in [-0.4, -0.2) is 33.4 Å². The summed E-state index contributed by atoms with van der Waals surface area (Å²) in [6.45, 7) is 6.50. The maximum atomic E-state index is 4.18. The molecule has 92 valence electrons. The van der Waals surface area contributed by atoms with E-state index in [-0.39, 0.29) is 0 Å². The fourth-order valence-corrected chi connectivity index (χ4v) is 2.34. The van der Waals surface area contributed by atoms with Gasteiger partial charge in [-0.2, -0.15) is 0 Å². The molecule has 2 rings (SSSR count). The molecular weight excluding hydrogens is 232 g/mol. The molecule has 0 radical (unpaired) electrons. The highest BCUT2D eigenvalue weighted by molar-refractivity contribution is 7.99. The van der Waals surface area contributed by atoms with Gasteiger partial charge in [-0.1, -0.05) is 31.7 Å². The Morgan fingerprint density at radius 1 is 1.35 bits per heavy atom. The molecule has 5 heteroatoms. The van der Waals surface area contributed by atoms with Crippen molar-refractivity contribution in [2.45, 2.75) is 19.0 Å². The van der Waals surface area contributed by atoms with Gasteiger partial charge >= 0.3 is 0 Å². The lowest BCUT2D eigenvalue weighted by Gasteiger charge is -2.06. The molecule has 0 aliphatic rings. The second kappa shape index (κ2) is 6.02. The Morgan fingerprint density at radius 3 is 3.06 bits per heavy atom. The summed E-state index contributed by atoms with van der Waals surface area (Å²) in [5.74, 6) is 1.72. The smallest absolute Gasteiger partial charge is 0.195 e. The van der Waals surface area contributed by atoms with Gasteiger partial charge in [0.2, 0.25) is 0 Å². The number of nitrogens with one attached hydrogen (secondary N) is 1. The van der Waals surface area contributed by atoms with E-state index >= 15 is 0 Å². The molecule has 17 heavy (non-hydrogen) atoms. The highest BCUT2D eigenvalue weighted by Crippen LogP contribution is 2.15. The minimum atomic E-state index is 0.703. The van der Waals surface area contributed by atoms with E-state index in [1.165, 1.54) is 0 Å². The first kappa shape index (κ1) is 12.4. The molecule has 0 fully saturated rings. The Morgan fingerprint density at radius 2 is 2.24 bits per heavy atom. The molecule has 0 aliphatic heterocycles. The first-order chi connectivity index (χ1) is 8.27. The van der Waals surface area contributed by atoms with Crippen molar-refractivity contribution in [3.8, 4) is 0 Å². The first-order valence-electron chi connectivity index (χ1n) is 5.90. The molecule has 0 spiro atoms. The van der Waals surface area contributed by atoms with Crippen LogP contribution in [0.3, 0.4) is 0 Å². The van der Waals surface area contributed by atoms with E-state index in [2.05, 4.69) is 29.4 Å². The van der Waals surface area contributed by atoms with Crippen LogP contribution in [0.25, 0.3) is 5.65 Å². The quantitative estimate of drug-likeness (QED) is 0.629. The summed E-state index contributed by atoms with van der Waals surface area (Å²) < 4.78 is 2.02. The molecule has 0 saturated heterocycles. The Kier molecular flexibility index (Phi) is 4.39. The Bertz CT molecular complexity index is 466. The average molecular weight is 250 g/mol. The number of thioether (sulfide) groups is 1. The minimum Gasteiger partial charge on any atom is -0.316 e. The largest absolute Gasteiger partial charge is 0.316 e. The molecule has 0 aromatic carbocycles. The fraction of sp³-hybridized carbons (Fsp3) is 0.500. The highest BCUT2D eigenvalue weighted by Gasteiger charge is 2.04. The third-order valence-electron chi connectivity index (χ3n) is 2.35. The van der Waals surface area contributed by atoms with Crippen molar-refractivity contribution in [3.63, 3.8) is 0 Å². The van der Waals surface area contributed by atoms with Crippen LogP contribution < -0.4 is 5.32 Å². The van der Waals surface area contributed by atoms with Gasteiger partial charge in [0.1, 0.15) is 0 Å². The number of pyridine rings is 1. The molecule has 0 amide bonds. The van der Waals surface area contributed by atoms with E-state index < -0.39 is 0 Å². The van der Waals surface area contributed by atoms with Crippen molar-refractivity contribution in [1.82, 2.24) is 19.9 Å². The molecule has 1 N–H and O–H groups in total. The zero-order valence-electron chi connectivity index (χ0n) is 10.3. The molecule has 0 bridgehead atoms. The van der Waals surface area contributed by atoms with Crippen LogP contribution in [0.1, 0.15) is 13.8 Å². The normalized spacial score (nSPS) is 11.5. The van der Waals surface area contributed by atoms with Crippen molar-refractivity contribution in [3.05, 3.63) is 24.4 Å². The predicted molar refractivity (Wildman–Crippen MR) is 71.4 cm³/mol. The van der Waals surface area contributed by atoms with Gasteiger partial charge in [0.25, 0.3) is 0 Å². The summed E-state index contributed by atoms with van der Waals surface area (Å²) in [5.41, 5.74) is 0.908. The lowest BCUT2D eigenvalue weighted by Crippen LogP contribution is -2.22. The van der Waals surface area contributed by atoms with Crippen LogP contribution in [-0.2, 0) is 0 Å². The summed E-state index contributed by atoms with van der Waals surface area (Å²) in [7, 11) is 0. The molecule has 0 saturated carbocycles. The number of hydrogen-bond acceptors (Lipinski definition) is 4. The molecule has 2 aromatic heterocycles. The highest BCUT2D eigenvalue weighted by atomic mass is 32.2. The maximum Gasteiger partial charge on any atom is 0.195 e. The Hall–Kier alpha value is -1.07. The molecule has 0 aliphatic carbocycles. The molecule has 2 heterocycles. The van der Waals surface area contributed by atoms with E-state index in [0.29, 0.717) is 5.92 Å². The number of hydrogen-bond donors (Lipinski definition) is 1. The minimum absolute atomic E-state index is 0.703. The van der Waals surface area contributed by atoms with E-state index in [4.69, 9.17) is 0 Å². The Labute approximate surface area is 106 Å². The van der Waals surface area contributed by atoms with E-state index in [9.17, 15) is 0 Å².